The SMILES string of the molecule is CCOc1ncnc(N(C)CCC(=O)O)c1C. The van der Waals surface area contributed by atoms with Crippen molar-refractivity contribution >= 4 is 11.8 Å². The first-order chi connectivity index (χ1) is 8.06. The molecule has 0 atom stereocenters. The van der Waals surface area contributed by atoms with Gasteiger partial charge in [-0.15, -0.1) is 0 Å². The Morgan fingerprint density at radius 1 is 1.53 bits per heavy atom. The Kier molecular flexibility index (Phi) is 4.68. The van der Waals surface area contributed by atoms with Crippen LogP contribution in [0.3, 0.4) is 0 Å². The standard InChI is InChI=1S/C11H17N3O3/c1-4-17-11-8(2)10(12-7-13-11)14(3)6-5-9(15)16/h7H,4-6H2,1-3H3,(H,15,16). The zero-order valence-corrected chi connectivity index (χ0v) is 10.3. The summed E-state index contributed by atoms with van der Waals surface area (Å²) in [6.45, 7) is 4.68. The molecule has 0 bridgehead atoms. The lowest BCUT2D eigenvalue weighted by molar-refractivity contribution is -0.136. The lowest BCUT2D eigenvalue weighted by Gasteiger charge is -2.19. The van der Waals surface area contributed by atoms with Gasteiger partial charge in [-0.3, -0.25) is 4.79 Å². The topological polar surface area (TPSA) is 75.6 Å². The molecule has 0 spiro atoms. The molecule has 0 aliphatic heterocycles. The van der Waals surface area contributed by atoms with Crippen LogP contribution in [-0.4, -0.2) is 41.2 Å². The summed E-state index contributed by atoms with van der Waals surface area (Å²) in [5, 5.41) is 8.63. The molecule has 1 heterocycles. The van der Waals surface area contributed by atoms with Crippen LogP contribution in [0.1, 0.15) is 18.9 Å². The molecule has 0 aliphatic rings. The van der Waals surface area contributed by atoms with Crippen LogP contribution in [0, 0.1) is 6.92 Å². The van der Waals surface area contributed by atoms with E-state index in [0.29, 0.717) is 24.8 Å². The van der Waals surface area contributed by atoms with E-state index < -0.39 is 5.97 Å². The Balaban J connectivity index is 2.82. The van der Waals surface area contributed by atoms with E-state index in [0.717, 1.165) is 5.56 Å². The van der Waals surface area contributed by atoms with Crippen LogP contribution in [0.15, 0.2) is 6.33 Å². The molecule has 0 unspecified atom stereocenters. The number of aliphatic carboxylic acids is 1. The molecule has 6 heteroatoms. The van der Waals surface area contributed by atoms with Crippen LogP contribution in [0.25, 0.3) is 0 Å². The van der Waals surface area contributed by atoms with Gasteiger partial charge in [0.05, 0.1) is 18.6 Å². The second-order valence-corrected chi connectivity index (χ2v) is 3.63. The summed E-state index contributed by atoms with van der Waals surface area (Å²) < 4.78 is 5.36. The normalized spacial score (nSPS) is 10.1. The molecular weight excluding hydrogens is 222 g/mol. The van der Waals surface area contributed by atoms with Crippen LogP contribution in [0.4, 0.5) is 5.82 Å². The molecule has 1 aromatic rings. The summed E-state index contributed by atoms with van der Waals surface area (Å²) in [5.74, 6) is 0.415. The summed E-state index contributed by atoms with van der Waals surface area (Å²) >= 11 is 0. The van der Waals surface area contributed by atoms with Crippen molar-refractivity contribution in [3.05, 3.63) is 11.9 Å². The number of aromatic nitrogens is 2. The second kappa shape index (κ2) is 6.03. The van der Waals surface area contributed by atoms with E-state index in [1.165, 1.54) is 6.33 Å². The number of hydrogen-bond donors (Lipinski definition) is 1. The van der Waals surface area contributed by atoms with E-state index >= 15 is 0 Å². The number of hydrogen-bond acceptors (Lipinski definition) is 5. The largest absolute Gasteiger partial charge is 0.481 e. The van der Waals surface area contributed by atoms with E-state index in [4.69, 9.17) is 9.84 Å². The average molecular weight is 239 g/mol. The average Bonchev–Trinajstić information content (AvgIpc) is 2.29. The van der Waals surface area contributed by atoms with E-state index in [1.807, 2.05) is 13.8 Å². The van der Waals surface area contributed by atoms with Crippen LogP contribution < -0.4 is 9.64 Å². The number of rotatable bonds is 6. The summed E-state index contributed by atoms with van der Waals surface area (Å²) in [7, 11) is 1.80. The summed E-state index contributed by atoms with van der Waals surface area (Å²) in [6, 6.07) is 0. The number of nitrogens with zero attached hydrogens (tertiary/aromatic N) is 3. The van der Waals surface area contributed by atoms with E-state index in [2.05, 4.69) is 9.97 Å². The molecule has 0 amide bonds. The number of carbonyl (C=O) groups is 1. The highest BCUT2D eigenvalue weighted by Crippen LogP contribution is 2.22. The van der Waals surface area contributed by atoms with Crippen LogP contribution in [0.2, 0.25) is 0 Å². The van der Waals surface area contributed by atoms with Crippen molar-refractivity contribution in [1.29, 1.82) is 0 Å². The van der Waals surface area contributed by atoms with Crippen LogP contribution >= 0.6 is 0 Å². The zero-order chi connectivity index (χ0) is 12.8. The Labute approximate surface area is 100 Å². The zero-order valence-electron chi connectivity index (χ0n) is 10.3. The summed E-state index contributed by atoms with van der Waals surface area (Å²) in [4.78, 5) is 20.5. The molecule has 0 radical (unpaired) electrons. The number of carboxylic acid groups (broad SMARTS) is 1. The fourth-order valence-corrected chi connectivity index (χ4v) is 1.46. The number of carboxylic acids is 1. The van der Waals surface area contributed by atoms with Gasteiger partial charge >= 0.3 is 5.97 Å². The van der Waals surface area contributed by atoms with Crippen molar-refractivity contribution < 1.29 is 14.6 Å². The fourth-order valence-electron chi connectivity index (χ4n) is 1.46. The Bertz CT molecular complexity index is 396. The van der Waals surface area contributed by atoms with Gasteiger partial charge in [0.1, 0.15) is 12.1 Å². The highest BCUT2D eigenvalue weighted by atomic mass is 16.5. The van der Waals surface area contributed by atoms with Gasteiger partial charge in [-0.25, -0.2) is 9.97 Å². The third kappa shape index (κ3) is 3.58. The maximum absolute atomic E-state index is 10.5. The minimum atomic E-state index is -0.825. The molecule has 0 fully saturated rings. The molecule has 0 aromatic carbocycles. The van der Waals surface area contributed by atoms with Crippen molar-refractivity contribution in [1.82, 2.24) is 9.97 Å². The molecule has 94 valence electrons. The van der Waals surface area contributed by atoms with Gasteiger partial charge < -0.3 is 14.7 Å². The molecule has 6 nitrogen and oxygen atoms in total. The molecule has 0 aliphatic carbocycles. The summed E-state index contributed by atoms with van der Waals surface area (Å²) in [5.41, 5.74) is 0.822. The second-order valence-electron chi connectivity index (χ2n) is 3.63. The van der Waals surface area contributed by atoms with E-state index in [9.17, 15) is 4.79 Å². The fraction of sp³-hybridized carbons (Fsp3) is 0.545. The van der Waals surface area contributed by atoms with Gasteiger partial charge in [-0.2, -0.15) is 0 Å². The highest BCUT2D eigenvalue weighted by Gasteiger charge is 2.12. The van der Waals surface area contributed by atoms with Gasteiger partial charge in [0.25, 0.3) is 0 Å². The van der Waals surface area contributed by atoms with Crippen LogP contribution in [0.5, 0.6) is 5.88 Å². The van der Waals surface area contributed by atoms with Gasteiger partial charge in [-0.05, 0) is 13.8 Å². The molecule has 0 saturated heterocycles. The third-order valence-electron chi connectivity index (χ3n) is 2.31. The highest BCUT2D eigenvalue weighted by molar-refractivity contribution is 5.67. The number of anilines is 1. The summed E-state index contributed by atoms with van der Waals surface area (Å²) in [6.07, 6.45) is 1.49. The van der Waals surface area contributed by atoms with Crippen molar-refractivity contribution in [3.63, 3.8) is 0 Å². The first-order valence-electron chi connectivity index (χ1n) is 5.43. The molecule has 1 rings (SSSR count). The Hall–Kier alpha value is -1.85. The Morgan fingerprint density at radius 3 is 2.82 bits per heavy atom. The number of ether oxygens (including phenoxy) is 1. The smallest absolute Gasteiger partial charge is 0.305 e. The van der Waals surface area contributed by atoms with Gasteiger partial charge in [0.2, 0.25) is 5.88 Å². The molecule has 1 N–H and O–H groups in total. The molecular formula is C11H17N3O3. The van der Waals surface area contributed by atoms with Crippen molar-refractivity contribution in [2.45, 2.75) is 20.3 Å². The van der Waals surface area contributed by atoms with Gasteiger partial charge in [0.15, 0.2) is 0 Å². The molecule has 17 heavy (non-hydrogen) atoms. The first-order valence-corrected chi connectivity index (χ1v) is 5.43. The van der Waals surface area contributed by atoms with Crippen molar-refractivity contribution in [2.24, 2.45) is 0 Å². The van der Waals surface area contributed by atoms with Crippen molar-refractivity contribution in [3.8, 4) is 5.88 Å². The predicted octanol–water partition coefficient (Wildman–Crippen LogP) is 1.09. The van der Waals surface area contributed by atoms with Gasteiger partial charge in [0, 0.05) is 13.6 Å². The van der Waals surface area contributed by atoms with E-state index in [-0.39, 0.29) is 6.42 Å². The third-order valence-corrected chi connectivity index (χ3v) is 2.31. The lowest BCUT2D eigenvalue weighted by atomic mass is 10.3. The lowest BCUT2D eigenvalue weighted by Crippen LogP contribution is -2.23. The van der Waals surface area contributed by atoms with Crippen LogP contribution in [-0.2, 0) is 4.79 Å². The minimum absolute atomic E-state index is 0.0733. The van der Waals surface area contributed by atoms with E-state index in [1.54, 1.807) is 11.9 Å². The maximum Gasteiger partial charge on any atom is 0.305 e. The Morgan fingerprint density at radius 2 is 2.24 bits per heavy atom. The predicted molar refractivity (Wildman–Crippen MR) is 63.5 cm³/mol. The quantitative estimate of drug-likeness (QED) is 0.801. The first kappa shape index (κ1) is 13.2. The maximum atomic E-state index is 10.5. The monoisotopic (exact) mass is 239 g/mol. The minimum Gasteiger partial charge on any atom is -0.481 e. The molecule has 0 saturated carbocycles. The molecule has 1 aromatic heterocycles. The van der Waals surface area contributed by atoms with Gasteiger partial charge in [-0.1, -0.05) is 0 Å². The van der Waals surface area contributed by atoms with Crippen molar-refractivity contribution in [2.75, 3.05) is 25.1 Å².